The maximum Gasteiger partial charge on any atom is 0.266 e. The van der Waals surface area contributed by atoms with Gasteiger partial charge in [-0.1, -0.05) is 23.7 Å². The molecular weight excluding hydrogens is 456 g/mol. The topological polar surface area (TPSA) is 121 Å². The zero-order valence-electron chi connectivity index (χ0n) is 19.3. The molecule has 0 radical (unpaired) electrons. The smallest absolute Gasteiger partial charge is 0.266 e. The number of methoxy groups -OCH3 is 1. The Balaban J connectivity index is 1.78. The first-order valence-corrected chi connectivity index (χ1v) is 11.2. The number of aliphatic imine (C=N–C) groups is 1. The lowest BCUT2D eigenvalue weighted by molar-refractivity contribution is -0.121. The summed E-state index contributed by atoms with van der Waals surface area (Å²) in [5.41, 5.74) is 1.67. The minimum atomic E-state index is -1.13. The van der Waals surface area contributed by atoms with Crippen LogP contribution in [0.1, 0.15) is 35.7 Å². The molecule has 0 fully saturated rings. The number of carbonyl (C=O) groups is 3. The number of amides is 2. The fourth-order valence-corrected chi connectivity index (χ4v) is 4.04. The number of aryl methyl sites for hydroxylation is 1. The Labute approximate surface area is 203 Å². The molecular formula is C25H27ClN4O4. The van der Waals surface area contributed by atoms with Crippen LogP contribution >= 0.6 is 11.6 Å². The van der Waals surface area contributed by atoms with Gasteiger partial charge in [0.05, 0.1) is 23.7 Å². The third-order valence-corrected chi connectivity index (χ3v) is 6.20. The predicted octanol–water partition coefficient (Wildman–Crippen LogP) is 3.72. The van der Waals surface area contributed by atoms with Crippen molar-refractivity contribution in [2.75, 3.05) is 19.5 Å². The molecule has 0 heterocycles. The quantitative estimate of drug-likeness (QED) is 0.411. The van der Waals surface area contributed by atoms with Crippen LogP contribution in [0, 0.1) is 11.3 Å². The van der Waals surface area contributed by atoms with Crippen LogP contribution in [0.25, 0.3) is 0 Å². The van der Waals surface area contributed by atoms with Crippen LogP contribution in [0.2, 0.25) is 5.02 Å². The van der Waals surface area contributed by atoms with Crippen molar-refractivity contribution in [1.29, 1.82) is 5.41 Å². The average Bonchev–Trinajstić information content (AvgIpc) is 3.00. The number of nitrogens with zero attached hydrogens (tertiary/aromatic N) is 1. The van der Waals surface area contributed by atoms with E-state index in [4.69, 9.17) is 21.7 Å². The Morgan fingerprint density at radius 2 is 1.97 bits per heavy atom. The van der Waals surface area contributed by atoms with E-state index < -0.39 is 23.8 Å². The number of para-hydroxylation sites is 1. The van der Waals surface area contributed by atoms with Gasteiger partial charge in [-0.15, -0.1) is 0 Å². The molecule has 9 heteroatoms. The Kier molecular flexibility index (Phi) is 8.17. The first-order valence-electron chi connectivity index (χ1n) is 10.9. The van der Waals surface area contributed by atoms with Crippen molar-refractivity contribution < 1.29 is 19.1 Å². The van der Waals surface area contributed by atoms with Crippen molar-refractivity contribution in [2.24, 2.45) is 10.9 Å². The SMILES string of the molecule is CN=C(C)C(NC(=O)C(=N)C1CCCc2cc(OC)ccc2C1=O)C(=O)Nc1ccccc1Cl. The third-order valence-electron chi connectivity index (χ3n) is 5.87. The van der Waals surface area contributed by atoms with Crippen LogP contribution < -0.4 is 15.4 Å². The van der Waals surface area contributed by atoms with Crippen LogP contribution in [0.15, 0.2) is 47.5 Å². The molecule has 1 aliphatic carbocycles. The highest BCUT2D eigenvalue weighted by molar-refractivity contribution is 6.43. The number of halogens is 1. The van der Waals surface area contributed by atoms with Crippen LogP contribution in [-0.2, 0) is 16.0 Å². The van der Waals surface area contributed by atoms with E-state index in [0.717, 1.165) is 5.56 Å². The van der Waals surface area contributed by atoms with Crippen molar-refractivity contribution in [3.63, 3.8) is 0 Å². The van der Waals surface area contributed by atoms with E-state index in [0.29, 0.717) is 47.0 Å². The van der Waals surface area contributed by atoms with Gasteiger partial charge in [0.25, 0.3) is 11.8 Å². The van der Waals surface area contributed by atoms with E-state index in [9.17, 15) is 14.4 Å². The highest BCUT2D eigenvalue weighted by atomic mass is 35.5. The Hall–Kier alpha value is -3.52. The molecule has 0 bridgehead atoms. The van der Waals surface area contributed by atoms with Gasteiger partial charge in [0.2, 0.25) is 0 Å². The summed E-state index contributed by atoms with van der Waals surface area (Å²) in [5, 5.41) is 14.1. The number of Topliss-reactive ketones (excluding diaryl/α,β-unsaturated/α-hetero) is 1. The fraction of sp³-hybridized carbons (Fsp3) is 0.320. The minimum Gasteiger partial charge on any atom is -0.497 e. The second-order valence-corrected chi connectivity index (χ2v) is 8.39. The minimum absolute atomic E-state index is 0.284. The molecule has 2 aromatic rings. The molecule has 2 amide bonds. The van der Waals surface area contributed by atoms with E-state index in [1.165, 1.54) is 7.05 Å². The monoisotopic (exact) mass is 482 g/mol. The van der Waals surface area contributed by atoms with E-state index in [1.54, 1.807) is 50.4 Å². The normalized spacial score (nSPS) is 16.6. The molecule has 8 nitrogen and oxygen atoms in total. The summed E-state index contributed by atoms with van der Waals surface area (Å²) in [6, 6.07) is 10.8. The number of ether oxygens (including phenoxy) is 1. The molecule has 3 rings (SSSR count). The van der Waals surface area contributed by atoms with Gasteiger partial charge in [-0.05, 0) is 62.1 Å². The first-order chi connectivity index (χ1) is 16.3. The van der Waals surface area contributed by atoms with E-state index >= 15 is 0 Å². The lowest BCUT2D eigenvalue weighted by Gasteiger charge is -2.21. The molecule has 2 atom stereocenters. The standard InChI is InChI=1S/C25H27ClN4O4/c1-14(28-2)22(25(33)29-20-10-5-4-9-19(20)26)30-24(32)21(27)18-8-6-7-15-13-16(34-3)11-12-17(15)23(18)31/h4-5,9-13,18,22,27H,6-8H2,1-3H3,(H,29,33)(H,30,32). The Morgan fingerprint density at radius 1 is 1.24 bits per heavy atom. The van der Waals surface area contributed by atoms with E-state index in [1.807, 2.05) is 6.07 Å². The van der Waals surface area contributed by atoms with E-state index in [-0.39, 0.29) is 11.5 Å². The number of anilines is 1. The third kappa shape index (κ3) is 5.51. The summed E-state index contributed by atoms with van der Waals surface area (Å²) in [4.78, 5) is 43.2. The summed E-state index contributed by atoms with van der Waals surface area (Å²) >= 11 is 6.12. The molecule has 0 saturated carbocycles. The molecule has 0 saturated heterocycles. The number of ketones is 1. The van der Waals surface area contributed by atoms with Crippen molar-refractivity contribution in [2.45, 2.75) is 32.2 Å². The molecule has 0 spiro atoms. The molecule has 3 N–H and O–H groups in total. The number of benzene rings is 2. The lowest BCUT2D eigenvalue weighted by Crippen LogP contribution is -2.51. The zero-order valence-corrected chi connectivity index (χ0v) is 20.0. The molecule has 0 aromatic heterocycles. The van der Waals surface area contributed by atoms with Crippen LogP contribution in [-0.4, -0.2) is 49.2 Å². The number of nitrogens with one attached hydrogen (secondary N) is 3. The average molecular weight is 483 g/mol. The number of carbonyl (C=O) groups excluding carboxylic acids is 3. The van der Waals surface area contributed by atoms with Gasteiger partial charge in [0, 0.05) is 18.3 Å². The van der Waals surface area contributed by atoms with Gasteiger partial charge in [-0.25, -0.2) is 0 Å². The van der Waals surface area contributed by atoms with Gasteiger partial charge in [-0.3, -0.25) is 24.8 Å². The summed E-state index contributed by atoms with van der Waals surface area (Å²) in [5.74, 6) is -1.88. The molecule has 1 aliphatic rings. The maximum atomic E-state index is 13.2. The van der Waals surface area contributed by atoms with Crippen LogP contribution in [0.5, 0.6) is 5.75 Å². The largest absolute Gasteiger partial charge is 0.497 e. The second kappa shape index (κ2) is 11.1. The summed E-state index contributed by atoms with van der Waals surface area (Å²) in [7, 11) is 3.06. The molecule has 178 valence electrons. The number of fused-ring (bicyclic) bond motifs is 1. The molecule has 2 aromatic carbocycles. The zero-order chi connectivity index (χ0) is 24.8. The van der Waals surface area contributed by atoms with Gasteiger partial charge >= 0.3 is 0 Å². The summed E-state index contributed by atoms with van der Waals surface area (Å²) in [6.45, 7) is 1.60. The van der Waals surface area contributed by atoms with Gasteiger partial charge < -0.3 is 15.4 Å². The number of hydrogen-bond donors (Lipinski definition) is 3. The lowest BCUT2D eigenvalue weighted by atomic mass is 9.90. The van der Waals surface area contributed by atoms with Crippen molar-refractivity contribution in [1.82, 2.24) is 5.32 Å². The highest BCUT2D eigenvalue weighted by Crippen LogP contribution is 2.28. The van der Waals surface area contributed by atoms with Gasteiger partial charge in [-0.2, -0.15) is 0 Å². The number of hydrogen-bond acceptors (Lipinski definition) is 6. The number of rotatable bonds is 7. The molecule has 0 aliphatic heterocycles. The summed E-state index contributed by atoms with van der Waals surface area (Å²) < 4.78 is 5.24. The predicted molar refractivity (Wildman–Crippen MR) is 133 cm³/mol. The highest BCUT2D eigenvalue weighted by Gasteiger charge is 2.34. The van der Waals surface area contributed by atoms with Gasteiger partial charge in [0.15, 0.2) is 5.78 Å². The maximum absolute atomic E-state index is 13.2. The molecule has 2 unspecified atom stereocenters. The molecule has 34 heavy (non-hydrogen) atoms. The van der Waals surface area contributed by atoms with Crippen molar-refractivity contribution >= 4 is 46.3 Å². The van der Waals surface area contributed by atoms with Crippen molar-refractivity contribution in [3.8, 4) is 5.75 Å². The van der Waals surface area contributed by atoms with Crippen molar-refractivity contribution in [3.05, 3.63) is 58.6 Å². The van der Waals surface area contributed by atoms with Crippen LogP contribution in [0.3, 0.4) is 0 Å². The van der Waals surface area contributed by atoms with Gasteiger partial charge in [0.1, 0.15) is 17.5 Å². The summed E-state index contributed by atoms with van der Waals surface area (Å²) in [6.07, 6.45) is 1.64. The fourth-order valence-electron chi connectivity index (χ4n) is 3.86. The van der Waals surface area contributed by atoms with E-state index in [2.05, 4.69) is 15.6 Å². The van der Waals surface area contributed by atoms with Crippen LogP contribution in [0.4, 0.5) is 5.69 Å². The second-order valence-electron chi connectivity index (χ2n) is 7.99. The first kappa shape index (κ1) is 25.1. The Bertz CT molecular complexity index is 1160. The Morgan fingerprint density at radius 3 is 2.65 bits per heavy atom.